The Bertz CT molecular complexity index is 2470. The van der Waals surface area contributed by atoms with Crippen LogP contribution in [0.1, 0.15) is 60.0 Å². The predicted molar refractivity (Wildman–Crippen MR) is 191 cm³/mol. The molecule has 0 saturated carbocycles. The molecule has 0 bridgehead atoms. The number of para-hydroxylation sites is 2. The zero-order chi connectivity index (χ0) is 31.2. The summed E-state index contributed by atoms with van der Waals surface area (Å²) in [4.78, 5) is 0. The summed E-state index contributed by atoms with van der Waals surface area (Å²) in [5, 5.41) is 6.93. The Labute approximate surface area is 265 Å². The maximum Gasteiger partial charge on any atom is 0.152 e. The highest BCUT2D eigenvalue weighted by Gasteiger charge is 2.42. The highest BCUT2D eigenvalue weighted by molar-refractivity contribution is 6.90. The molecule has 0 amide bonds. The molecule has 0 fully saturated rings. The van der Waals surface area contributed by atoms with Crippen molar-refractivity contribution >= 4 is 51.9 Å². The Kier molecular flexibility index (Phi) is 6.12. The molecule has 2 heterocycles. The minimum absolute atomic E-state index is 0.552. The van der Waals surface area contributed by atoms with E-state index in [4.69, 9.17) is 8.83 Å². The topological polar surface area (TPSA) is 26.3 Å². The van der Waals surface area contributed by atoms with Gasteiger partial charge in [0, 0.05) is 32.3 Å². The number of hydrogen-bond donors (Lipinski definition) is 0. The molecule has 6 aromatic rings. The van der Waals surface area contributed by atoms with Gasteiger partial charge >= 0.3 is 0 Å². The molecule has 8 rings (SSSR count). The first-order valence-electron chi connectivity index (χ1n) is 16.1. The van der Waals surface area contributed by atoms with Crippen molar-refractivity contribution in [2.45, 2.75) is 65.1 Å². The van der Waals surface area contributed by atoms with E-state index >= 15 is 0 Å². The minimum Gasteiger partial charge on any atom is -0.455 e. The van der Waals surface area contributed by atoms with Crippen LogP contribution >= 0.6 is 0 Å². The smallest absolute Gasteiger partial charge is 0.152 e. The SMILES string of the molecule is CC#CC1=c2cc3cc4c(cc3cc2-c2c1oc1ccccc21)=C(C#C[Si](C(C)C)(C(C)C)C(C)C)c1oc2ccccc2c1-4. The van der Waals surface area contributed by atoms with Crippen molar-refractivity contribution in [2.24, 2.45) is 0 Å². The molecule has 4 aromatic carbocycles. The van der Waals surface area contributed by atoms with E-state index in [0.717, 1.165) is 61.0 Å². The molecule has 2 aliphatic rings. The number of furan rings is 2. The number of hydrogen-bond acceptors (Lipinski definition) is 2. The Balaban J connectivity index is 1.46. The van der Waals surface area contributed by atoms with Crippen LogP contribution in [0.15, 0.2) is 81.6 Å². The van der Waals surface area contributed by atoms with Gasteiger partial charge in [0.25, 0.3) is 0 Å². The van der Waals surface area contributed by atoms with Gasteiger partial charge in [-0.25, -0.2) is 0 Å². The van der Waals surface area contributed by atoms with Crippen molar-refractivity contribution < 1.29 is 8.83 Å². The average molecular weight is 601 g/mol. The lowest BCUT2D eigenvalue weighted by Gasteiger charge is -2.38. The van der Waals surface area contributed by atoms with Crippen LogP contribution < -0.4 is 10.4 Å². The molecule has 0 saturated heterocycles. The van der Waals surface area contributed by atoms with Gasteiger partial charge < -0.3 is 8.83 Å². The van der Waals surface area contributed by atoms with Crippen molar-refractivity contribution in [3.05, 3.63) is 94.8 Å². The van der Waals surface area contributed by atoms with Gasteiger partial charge in [-0.3, -0.25) is 0 Å². The molecule has 0 atom stereocenters. The van der Waals surface area contributed by atoms with Crippen molar-refractivity contribution in [1.29, 1.82) is 0 Å². The molecule has 0 aliphatic heterocycles. The first-order chi connectivity index (χ1) is 21.7. The molecule has 2 aliphatic carbocycles. The fourth-order valence-corrected chi connectivity index (χ4v) is 13.6. The molecule has 2 nitrogen and oxygen atoms in total. The van der Waals surface area contributed by atoms with Crippen LogP contribution in [0, 0.1) is 23.3 Å². The zero-order valence-electron chi connectivity index (χ0n) is 27.0. The summed E-state index contributed by atoms with van der Waals surface area (Å²) < 4.78 is 13.1. The van der Waals surface area contributed by atoms with Crippen LogP contribution in [-0.4, -0.2) is 8.07 Å². The highest BCUT2D eigenvalue weighted by atomic mass is 28.3. The molecule has 0 radical (unpaired) electrons. The van der Waals surface area contributed by atoms with Gasteiger partial charge in [0.05, 0.1) is 11.1 Å². The second kappa shape index (κ2) is 9.90. The molecule has 45 heavy (non-hydrogen) atoms. The summed E-state index contributed by atoms with van der Waals surface area (Å²) in [5.41, 5.74) is 14.1. The molecule has 3 heteroatoms. The third-order valence-corrected chi connectivity index (χ3v) is 16.6. The van der Waals surface area contributed by atoms with Crippen LogP contribution in [0.2, 0.25) is 16.6 Å². The predicted octanol–water partition coefficient (Wildman–Crippen LogP) is 9.94. The first-order valence-corrected chi connectivity index (χ1v) is 18.3. The van der Waals surface area contributed by atoms with Gasteiger partial charge in [0.1, 0.15) is 19.2 Å². The van der Waals surface area contributed by atoms with Crippen molar-refractivity contribution in [3.8, 4) is 45.6 Å². The quantitative estimate of drug-likeness (QED) is 0.149. The lowest BCUT2D eigenvalue weighted by molar-refractivity contribution is 0.603. The van der Waals surface area contributed by atoms with Crippen LogP contribution in [-0.2, 0) is 0 Å². The normalized spacial score (nSPS) is 13.4. The van der Waals surface area contributed by atoms with Crippen LogP contribution in [0.25, 0.3) is 66.1 Å². The number of rotatable bonds is 3. The Morgan fingerprint density at radius 1 is 0.578 bits per heavy atom. The second-order valence-corrected chi connectivity index (χ2v) is 19.1. The van der Waals surface area contributed by atoms with E-state index in [-0.39, 0.29) is 0 Å². The van der Waals surface area contributed by atoms with Crippen LogP contribution in [0.4, 0.5) is 0 Å². The zero-order valence-corrected chi connectivity index (χ0v) is 28.0. The highest BCUT2D eigenvalue weighted by Crippen LogP contribution is 2.45. The Morgan fingerprint density at radius 3 is 1.47 bits per heavy atom. The fraction of sp³-hybridized carbons (Fsp3) is 0.238. The molecule has 0 spiro atoms. The maximum absolute atomic E-state index is 6.63. The molecule has 2 aromatic heterocycles. The van der Waals surface area contributed by atoms with Crippen molar-refractivity contribution in [2.75, 3.05) is 0 Å². The summed E-state index contributed by atoms with van der Waals surface area (Å²) in [7, 11) is -1.97. The van der Waals surface area contributed by atoms with Crippen LogP contribution in [0.5, 0.6) is 0 Å². The van der Waals surface area contributed by atoms with E-state index < -0.39 is 8.07 Å². The summed E-state index contributed by atoms with van der Waals surface area (Å²) in [6.45, 7) is 16.1. The van der Waals surface area contributed by atoms with Crippen molar-refractivity contribution in [1.82, 2.24) is 0 Å². The van der Waals surface area contributed by atoms with Gasteiger partial charge in [-0.05, 0) is 81.8 Å². The summed E-state index contributed by atoms with van der Waals surface area (Å²) >= 11 is 0. The third kappa shape index (κ3) is 3.78. The molecule has 0 unspecified atom stereocenters. The van der Waals surface area contributed by atoms with Gasteiger partial charge in [0.2, 0.25) is 0 Å². The van der Waals surface area contributed by atoms with E-state index in [1.165, 1.54) is 27.1 Å². The van der Waals surface area contributed by atoms with E-state index in [2.05, 4.69) is 119 Å². The Morgan fingerprint density at radius 2 is 1.02 bits per heavy atom. The van der Waals surface area contributed by atoms with E-state index in [1.54, 1.807) is 0 Å². The molecular formula is C42H36O2Si. The summed E-state index contributed by atoms with van der Waals surface area (Å²) in [6.07, 6.45) is 0. The van der Waals surface area contributed by atoms with Gasteiger partial charge in [-0.15, -0.1) is 11.5 Å². The lowest BCUT2D eigenvalue weighted by atomic mass is 9.97. The summed E-state index contributed by atoms with van der Waals surface area (Å²) in [5.74, 6) is 12.1. The number of fused-ring (bicyclic) bond motifs is 11. The number of benzene rings is 4. The maximum atomic E-state index is 6.63. The largest absolute Gasteiger partial charge is 0.455 e. The van der Waals surface area contributed by atoms with Gasteiger partial charge in [-0.1, -0.05) is 89.8 Å². The van der Waals surface area contributed by atoms with Gasteiger partial charge in [0.15, 0.2) is 11.5 Å². The monoisotopic (exact) mass is 600 g/mol. The van der Waals surface area contributed by atoms with Crippen LogP contribution in [0.3, 0.4) is 0 Å². The molecular weight excluding hydrogens is 565 g/mol. The molecule has 0 N–H and O–H groups in total. The lowest BCUT2D eigenvalue weighted by Crippen LogP contribution is -2.43. The first kappa shape index (κ1) is 27.8. The minimum atomic E-state index is -1.97. The fourth-order valence-electron chi connectivity index (χ4n) is 8.38. The average Bonchev–Trinajstić information content (AvgIpc) is 3.73. The van der Waals surface area contributed by atoms with E-state index in [9.17, 15) is 0 Å². The standard InChI is InChI=1S/C42H36O2Si/c1-8-13-29-33-20-27-23-36-34(21-28(27)22-35(33)39-31-14-9-11-16-37(31)43-41(29)39)30(18-19-45(24(2)3,25(4)5)26(6)7)42-40(36)32-15-10-12-17-38(32)44-42/h9-12,14-17,20-26H,1-7H3. The third-order valence-electron chi connectivity index (χ3n) is 10.4. The Hall–Kier alpha value is -4.70. The van der Waals surface area contributed by atoms with Crippen molar-refractivity contribution in [3.63, 3.8) is 0 Å². The molecule has 220 valence electrons. The van der Waals surface area contributed by atoms with E-state index in [1.807, 2.05) is 25.1 Å². The van der Waals surface area contributed by atoms with Gasteiger partial charge in [-0.2, -0.15) is 0 Å². The van der Waals surface area contributed by atoms with E-state index in [0.29, 0.717) is 16.6 Å². The summed E-state index contributed by atoms with van der Waals surface area (Å²) in [6, 6.07) is 26.0. The second-order valence-electron chi connectivity index (χ2n) is 13.5.